The van der Waals surface area contributed by atoms with Crippen LogP contribution in [0.3, 0.4) is 0 Å². The van der Waals surface area contributed by atoms with Crippen LogP contribution in [0.2, 0.25) is 0 Å². The van der Waals surface area contributed by atoms with Gasteiger partial charge in [-0.25, -0.2) is 4.79 Å². The van der Waals surface area contributed by atoms with Crippen LogP contribution in [-0.2, 0) is 16.0 Å². The van der Waals surface area contributed by atoms with E-state index in [1.54, 1.807) is 6.92 Å². The van der Waals surface area contributed by atoms with Gasteiger partial charge in [0.1, 0.15) is 0 Å². The molecule has 1 aromatic rings. The Morgan fingerprint density at radius 1 is 1.25 bits per heavy atom. The van der Waals surface area contributed by atoms with Gasteiger partial charge in [0.2, 0.25) is 0 Å². The van der Waals surface area contributed by atoms with Crippen molar-refractivity contribution in [2.24, 2.45) is 10.2 Å². The van der Waals surface area contributed by atoms with Gasteiger partial charge in [0.15, 0.2) is 5.71 Å². The summed E-state index contributed by atoms with van der Waals surface area (Å²) < 4.78 is 4.96. The first-order valence-electron chi connectivity index (χ1n) is 6.73. The minimum Gasteiger partial charge on any atom is -0.461 e. The van der Waals surface area contributed by atoms with Crippen molar-refractivity contribution in [2.75, 3.05) is 6.61 Å². The molecule has 0 aliphatic carbocycles. The van der Waals surface area contributed by atoms with Crippen molar-refractivity contribution < 1.29 is 9.53 Å². The Hall–Kier alpha value is -2.23. The Bertz CT molecular complexity index is 559. The van der Waals surface area contributed by atoms with E-state index in [0.717, 1.165) is 18.6 Å². The maximum absolute atomic E-state index is 11.7. The van der Waals surface area contributed by atoms with Gasteiger partial charge >= 0.3 is 5.97 Å². The molecule has 0 amide bonds. The highest BCUT2D eigenvalue weighted by atomic mass is 16.5. The van der Waals surface area contributed by atoms with Gasteiger partial charge in [-0.2, -0.15) is 5.10 Å². The number of carbonyl (C=O) groups excluding carboxylic acids is 1. The van der Waals surface area contributed by atoms with E-state index in [1.165, 1.54) is 5.56 Å². The average Bonchev–Trinajstić information content (AvgIpc) is 2.63. The minimum atomic E-state index is -0.442. The zero-order valence-corrected chi connectivity index (χ0v) is 11.6. The topological polar surface area (TPSA) is 51.0 Å². The lowest BCUT2D eigenvalue weighted by Crippen LogP contribution is -2.18. The maximum Gasteiger partial charge on any atom is 0.359 e. The van der Waals surface area contributed by atoms with Gasteiger partial charge in [0, 0.05) is 12.1 Å². The maximum atomic E-state index is 11.7. The molecule has 0 bridgehead atoms. The van der Waals surface area contributed by atoms with Crippen molar-refractivity contribution in [3.63, 3.8) is 0 Å². The second-order valence-corrected chi connectivity index (χ2v) is 4.60. The van der Waals surface area contributed by atoms with Gasteiger partial charge < -0.3 is 4.74 Å². The Morgan fingerprint density at radius 2 is 2.00 bits per heavy atom. The van der Waals surface area contributed by atoms with Crippen LogP contribution >= 0.6 is 0 Å². The minimum absolute atomic E-state index is 0.245. The summed E-state index contributed by atoms with van der Waals surface area (Å²) in [6.45, 7) is 5.99. The zero-order chi connectivity index (χ0) is 14.4. The smallest absolute Gasteiger partial charge is 0.359 e. The summed E-state index contributed by atoms with van der Waals surface area (Å²) in [4.78, 5) is 11.7. The van der Waals surface area contributed by atoms with Crippen molar-refractivity contribution in [3.05, 3.63) is 48.0 Å². The van der Waals surface area contributed by atoms with Crippen molar-refractivity contribution in [2.45, 2.75) is 26.2 Å². The fraction of sp³-hybridized carbons (Fsp3) is 0.312. The first-order chi connectivity index (χ1) is 9.70. The largest absolute Gasteiger partial charge is 0.461 e. The van der Waals surface area contributed by atoms with Crippen LogP contribution in [0.1, 0.15) is 25.3 Å². The molecule has 1 heterocycles. The third-order valence-electron chi connectivity index (χ3n) is 3.06. The molecule has 0 spiro atoms. The second kappa shape index (κ2) is 6.80. The highest BCUT2D eigenvalue weighted by Gasteiger charge is 2.19. The van der Waals surface area contributed by atoms with Crippen molar-refractivity contribution in [1.82, 2.24) is 0 Å². The Morgan fingerprint density at radius 3 is 2.70 bits per heavy atom. The molecular formula is C16H18N2O2. The summed E-state index contributed by atoms with van der Waals surface area (Å²) in [5.74, 6) is -0.442. The molecule has 0 atom stereocenters. The number of carbonyl (C=O) groups is 1. The molecule has 1 aromatic carbocycles. The van der Waals surface area contributed by atoms with Crippen molar-refractivity contribution >= 4 is 17.4 Å². The third-order valence-corrected chi connectivity index (χ3v) is 3.06. The Labute approximate surface area is 118 Å². The fourth-order valence-corrected chi connectivity index (χ4v) is 1.99. The highest BCUT2D eigenvalue weighted by Crippen LogP contribution is 2.15. The number of rotatable bonds is 4. The van der Waals surface area contributed by atoms with E-state index in [1.807, 2.05) is 18.2 Å². The molecule has 0 aromatic heterocycles. The van der Waals surface area contributed by atoms with Crippen LogP contribution in [0.4, 0.5) is 0 Å². The van der Waals surface area contributed by atoms with Crippen molar-refractivity contribution in [1.29, 1.82) is 0 Å². The monoisotopic (exact) mass is 270 g/mol. The molecule has 0 fully saturated rings. The SMILES string of the molecule is C=C1CCC(Cc2ccccc2)=NN=C1C(=O)OCC. The van der Waals surface area contributed by atoms with E-state index in [0.29, 0.717) is 18.6 Å². The predicted octanol–water partition coefficient (Wildman–Crippen LogP) is 2.94. The molecule has 1 aliphatic heterocycles. The number of nitrogens with zero attached hydrogens (tertiary/aromatic N) is 2. The molecular weight excluding hydrogens is 252 g/mol. The van der Waals surface area contributed by atoms with E-state index in [-0.39, 0.29) is 5.71 Å². The molecule has 104 valence electrons. The van der Waals surface area contributed by atoms with Crippen LogP contribution < -0.4 is 0 Å². The van der Waals surface area contributed by atoms with Crippen molar-refractivity contribution in [3.8, 4) is 0 Å². The standard InChI is InChI=1S/C16H18N2O2/c1-3-20-16(19)15-12(2)9-10-14(17-18-15)11-13-7-5-4-6-8-13/h4-8H,2-3,9-11H2,1H3. The molecule has 0 unspecified atom stereocenters. The lowest BCUT2D eigenvalue weighted by Gasteiger charge is -2.05. The van der Waals surface area contributed by atoms with Crippen LogP contribution in [0, 0.1) is 0 Å². The summed E-state index contributed by atoms with van der Waals surface area (Å²) in [6, 6.07) is 10.1. The first kappa shape index (κ1) is 14.2. The quantitative estimate of drug-likeness (QED) is 0.790. The molecule has 0 radical (unpaired) electrons. The van der Waals surface area contributed by atoms with Gasteiger partial charge in [0.05, 0.1) is 6.61 Å². The van der Waals surface area contributed by atoms with E-state index in [2.05, 4.69) is 28.9 Å². The van der Waals surface area contributed by atoms with E-state index in [4.69, 9.17) is 4.74 Å². The van der Waals surface area contributed by atoms with Crippen LogP contribution in [-0.4, -0.2) is 24.0 Å². The van der Waals surface area contributed by atoms with E-state index < -0.39 is 5.97 Å². The molecule has 0 saturated heterocycles. The van der Waals surface area contributed by atoms with Gasteiger partial charge in [0.25, 0.3) is 0 Å². The molecule has 2 rings (SSSR count). The van der Waals surface area contributed by atoms with Gasteiger partial charge in [-0.3, -0.25) is 0 Å². The summed E-state index contributed by atoms with van der Waals surface area (Å²) >= 11 is 0. The van der Waals surface area contributed by atoms with Gasteiger partial charge in [-0.15, -0.1) is 5.10 Å². The lowest BCUT2D eigenvalue weighted by molar-refractivity contribution is -0.134. The van der Waals surface area contributed by atoms with Gasteiger partial charge in [-0.1, -0.05) is 36.9 Å². The molecule has 1 aliphatic rings. The van der Waals surface area contributed by atoms with E-state index >= 15 is 0 Å². The van der Waals surface area contributed by atoms with Gasteiger partial charge in [-0.05, 0) is 30.9 Å². The highest BCUT2D eigenvalue weighted by molar-refractivity contribution is 6.43. The number of ether oxygens (including phenoxy) is 1. The molecule has 0 N–H and O–H groups in total. The number of benzene rings is 1. The summed E-state index contributed by atoms with van der Waals surface area (Å²) in [7, 11) is 0. The number of esters is 1. The second-order valence-electron chi connectivity index (χ2n) is 4.60. The third kappa shape index (κ3) is 3.63. The molecule has 4 heteroatoms. The first-order valence-corrected chi connectivity index (χ1v) is 6.73. The number of hydrogen-bond donors (Lipinski definition) is 0. The normalized spacial score (nSPS) is 15.2. The predicted molar refractivity (Wildman–Crippen MR) is 80.0 cm³/mol. The average molecular weight is 270 g/mol. The van der Waals surface area contributed by atoms with Crippen LogP contribution in [0.25, 0.3) is 0 Å². The summed E-state index contributed by atoms with van der Waals surface area (Å²) in [5.41, 5.74) is 3.08. The summed E-state index contributed by atoms with van der Waals surface area (Å²) in [5, 5.41) is 8.23. The lowest BCUT2D eigenvalue weighted by atomic mass is 10.0. The van der Waals surface area contributed by atoms with Crippen LogP contribution in [0.15, 0.2) is 52.7 Å². The summed E-state index contributed by atoms with van der Waals surface area (Å²) in [6.07, 6.45) is 2.19. The zero-order valence-electron chi connectivity index (χ0n) is 11.6. The molecule has 0 saturated carbocycles. The number of hydrogen-bond acceptors (Lipinski definition) is 4. The molecule has 4 nitrogen and oxygen atoms in total. The van der Waals surface area contributed by atoms with Crippen LogP contribution in [0.5, 0.6) is 0 Å². The molecule has 20 heavy (non-hydrogen) atoms. The Kier molecular flexibility index (Phi) is 4.82. The van der Waals surface area contributed by atoms with E-state index in [9.17, 15) is 4.79 Å². The Balaban J connectivity index is 2.13. The fourth-order valence-electron chi connectivity index (χ4n) is 1.99.